The Morgan fingerprint density at radius 3 is 2.71 bits per heavy atom. The molecule has 0 unspecified atom stereocenters. The van der Waals surface area contributed by atoms with E-state index in [9.17, 15) is 4.79 Å². The molecule has 3 rings (SSSR count). The molecule has 21 heavy (non-hydrogen) atoms. The minimum atomic E-state index is 0.168. The van der Waals surface area contributed by atoms with Crippen LogP contribution in [0.25, 0.3) is 10.9 Å². The van der Waals surface area contributed by atoms with Gasteiger partial charge in [0.05, 0.1) is 6.42 Å². The Morgan fingerprint density at radius 2 is 1.95 bits per heavy atom. The zero-order valence-electron chi connectivity index (χ0n) is 13.0. The van der Waals surface area contributed by atoms with Crippen LogP contribution in [0.4, 0.5) is 0 Å². The molecule has 0 bridgehead atoms. The van der Waals surface area contributed by atoms with Crippen molar-refractivity contribution < 1.29 is 4.79 Å². The monoisotopic (exact) mass is 284 g/mol. The summed E-state index contributed by atoms with van der Waals surface area (Å²) in [5.41, 5.74) is 3.56. The molecule has 1 fully saturated rings. The number of aromatic nitrogens is 1. The van der Waals surface area contributed by atoms with Crippen molar-refractivity contribution in [2.75, 3.05) is 0 Å². The van der Waals surface area contributed by atoms with Crippen molar-refractivity contribution in [1.29, 1.82) is 0 Å². The Morgan fingerprint density at radius 1 is 1.24 bits per heavy atom. The lowest BCUT2D eigenvalue weighted by molar-refractivity contribution is -0.121. The van der Waals surface area contributed by atoms with Crippen LogP contribution >= 0.6 is 0 Å². The van der Waals surface area contributed by atoms with E-state index in [1.54, 1.807) is 0 Å². The number of aryl methyl sites for hydroxylation is 1. The predicted octanol–water partition coefficient (Wildman–Crippen LogP) is 3.48. The molecule has 3 heteroatoms. The number of para-hydroxylation sites is 1. The largest absolute Gasteiger partial charge is 0.353 e. The highest BCUT2D eigenvalue weighted by Crippen LogP contribution is 2.25. The molecule has 1 saturated carbocycles. The minimum Gasteiger partial charge on any atom is -0.353 e. The van der Waals surface area contributed by atoms with Crippen LogP contribution in [-0.2, 0) is 18.3 Å². The highest BCUT2D eigenvalue weighted by molar-refractivity contribution is 5.90. The number of hydrogen-bond donors (Lipinski definition) is 1. The number of carbonyl (C=O) groups excluding carboxylic acids is 1. The molecule has 0 saturated heterocycles. The van der Waals surface area contributed by atoms with Crippen molar-refractivity contribution in [1.82, 2.24) is 9.88 Å². The van der Waals surface area contributed by atoms with Crippen LogP contribution in [0.15, 0.2) is 24.3 Å². The molecule has 1 aliphatic carbocycles. The molecular formula is C18H24N2O. The second-order valence-corrected chi connectivity index (χ2v) is 6.22. The number of benzene rings is 1. The van der Waals surface area contributed by atoms with Crippen molar-refractivity contribution in [2.24, 2.45) is 7.05 Å². The molecule has 1 aliphatic rings. The summed E-state index contributed by atoms with van der Waals surface area (Å²) in [6.07, 6.45) is 6.58. The fraction of sp³-hybridized carbons (Fsp3) is 0.500. The van der Waals surface area contributed by atoms with Crippen LogP contribution in [0.2, 0.25) is 0 Å². The highest BCUT2D eigenvalue weighted by atomic mass is 16.1. The van der Waals surface area contributed by atoms with Crippen molar-refractivity contribution in [3.8, 4) is 0 Å². The third kappa shape index (κ3) is 2.82. The van der Waals surface area contributed by atoms with Crippen LogP contribution in [-0.4, -0.2) is 16.5 Å². The van der Waals surface area contributed by atoms with Gasteiger partial charge < -0.3 is 9.88 Å². The molecule has 1 amide bonds. The molecule has 3 nitrogen and oxygen atoms in total. The van der Waals surface area contributed by atoms with Gasteiger partial charge in [0.15, 0.2) is 0 Å². The number of rotatable bonds is 3. The first-order valence-electron chi connectivity index (χ1n) is 7.99. The smallest absolute Gasteiger partial charge is 0.224 e. The van der Waals surface area contributed by atoms with Gasteiger partial charge in [-0.1, -0.05) is 37.5 Å². The summed E-state index contributed by atoms with van der Waals surface area (Å²) in [5.74, 6) is 0.168. The summed E-state index contributed by atoms with van der Waals surface area (Å²) in [7, 11) is 2.07. The quantitative estimate of drug-likeness (QED) is 0.920. The number of carbonyl (C=O) groups is 1. The highest BCUT2D eigenvalue weighted by Gasteiger charge is 2.18. The first-order valence-corrected chi connectivity index (χ1v) is 7.99. The summed E-state index contributed by atoms with van der Waals surface area (Å²) in [6, 6.07) is 8.72. The van der Waals surface area contributed by atoms with E-state index < -0.39 is 0 Å². The summed E-state index contributed by atoms with van der Waals surface area (Å²) >= 11 is 0. The Bertz CT molecular complexity index is 651. The molecule has 1 aromatic carbocycles. The minimum absolute atomic E-state index is 0.168. The SMILES string of the molecule is Cc1c(CC(=O)NC2CCCCC2)c2ccccc2n1C. The van der Waals surface area contributed by atoms with Crippen molar-refractivity contribution in [2.45, 2.75) is 51.5 Å². The number of fused-ring (bicyclic) bond motifs is 1. The number of nitrogens with zero attached hydrogens (tertiary/aromatic N) is 1. The van der Waals surface area contributed by atoms with Gasteiger partial charge in [0.1, 0.15) is 0 Å². The molecule has 1 N–H and O–H groups in total. The van der Waals surface area contributed by atoms with E-state index in [0.717, 1.165) is 12.8 Å². The summed E-state index contributed by atoms with van der Waals surface area (Å²) in [6.45, 7) is 2.10. The lowest BCUT2D eigenvalue weighted by atomic mass is 9.95. The van der Waals surface area contributed by atoms with Gasteiger partial charge in [0, 0.05) is 29.7 Å². The average molecular weight is 284 g/mol. The van der Waals surface area contributed by atoms with E-state index in [2.05, 4.69) is 36.0 Å². The Balaban J connectivity index is 1.78. The second kappa shape index (κ2) is 5.92. The van der Waals surface area contributed by atoms with Crippen LogP contribution < -0.4 is 5.32 Å². The van der Waals surface area contributed by atoms with Gasteiger partial charge in [0.2, 0.25) is 5.91 Å². The Kier molecular flexibility index (Phi) is 4.00. The molecule has 1 aromatic heterocycles. The summed E-state index contributed by atoms with van der Waals surface area (Å²) in [5, 5.41) is 4.43. The van der Waals surface area contributed by atoms with Gasteiger partial charge in [-0.2, -0.15) is 0 Å². The van der Waals surface area contributed by atoms with Gasteiger partial charge in [-0.15, -0.1) is 0 Å². The Hall–Kier alpha value is -1.77. The molecule has 0 spiro atoms. The van der Waals surface area contributed by atoms with E-state index in [0.29, 0.717) is 12.5 Å². The van der Waals surface area contributed by atoms with E-state index in [1.165, 1.54) is 41.4 Å². The van der Waals surface area contributed by atoms with E-state index in [1.807, 2.05) is 12.1 Å². The first kappa shape index (κ1) is 14.2. The molecule has 0 aliphatic heterocycles. The third-order valence-electron chi connectivity index (χ3n) is 4.84. The fourth-order valence-electron chi connectivity index (χ4n) is 3.51. The van der Waals surface area contributed by atoms with Crippen LogP contribution in [0, 0.1) is 6.92 Å². The maximum Gasteiger partial charge on any atom is 0.224 e. The van der Waals surface area contributed by atoms with Crippen molar-refractivity contribution in [3.63, 3.8) is 0 Å². The maximum atomic E-state index is 12.4. The van der Waals surface area contributed by atoms with Crippen molar-refractivity contribution in [3.05, 3.63) is 35.5 Å². The molecule has 112 valence electrons. The van der Waals surface area contributed by atoms with Gasteiger partial charge >= 0.3 is 0 Å². The van der Waals surface area contributed by atoms with Crippen LogP contribution in [0.3, 0.4) is 0 Å². The number of amides is 1. The summed E-state index contributed by atoms with van der Waals surface area (Å²) < 4.78 is 2.18. The van der Waals surface area contributed by atoms with E-state index >= 15 is 0 Å². The molecule has 1 heterocycles. The zero-order valence-corrected chi connectivity index (χ0v) is 13.0. The molecule has 0 atom stereocenters. The standard InChI is InChI=1S/C18H24N2O/c1-13-16(15-10-6-7-11-17(15)20(13)2)12-18(21)19-14-8-4-3-5-9-14/h6-7,10-11,14H,3-5,8-9,12H2,1-2H3,(H,19,21). The average Bonchev–Trinajstić information content (AvgIpc) is 2.74. The molecule has 2 aromatic rings. The lowest BCUT2D eigenvalue weighted by Gasteiger charge is -2.22. The second-order valence-electron chi connectivity index (χ2n) is 6.22. The van der Waals surface area contributed by atoms with Gasteiger partial charge in [-0.3, -0.25) is 4.79 Å². The topological polar surface area (TPSA) is 34.0 Å². The van der Waals surface area contributed by atoms with Crippen LogP contribution in [0.5, 0.6) is 0 Å². The van der Waals surface area contributed by atoms with Crippen molar-refractivity contribution >= 4 is 16.8 Å². The van der Waals surface area contributed by atoms with Gasteiger partial charge in [0.25, 0.3) is 0 Å². The number of hydrogen-bond acceptors (Lipinski definition) is 1. The molecular weight excluding hydrogens is 260 g/mol. The van der Waals surface area contributed by atoms with Gasteiger partial charge in [-0.05, 0) is 31.4 Å². The first-order chi connectivity index (χ1) is 10.2. The lowest BCUT2D eigenvalue weighted by Crippen LogP contribution is -2.37. The predicted molar refractivity (Wildman–Crippen MR) is 86.4 cm³/mol. The molecule has 0 radical (unpaired) electrons. The van der Waals surface area contributed by atoms with E-state index in [-0.39, 0.29) is 5.91 Å². The normalized spacial score (nSPS) is 16.3. The van der Waals surface area contributed by atoms with Gasteiger partial charge in [-0.25, -0.2) is 0 Å². The zero-order chi connectivity index (χ0) is 14.8. The maximum absolute atomic E-state index is 12.4. The number of nitrogens with one attached hydrogen (secondary N) is 1. The Labute approximate surface area is 126 Å². The fourth-order valence-corrected chi connectivity index (χ4v) is 3.51. The van der Waals surface area contributed by atoms with E-state index in [4.69, 9.17) is 0 Å². The summed E-state index contributed by atoms with van der Waals surface area (Å²) in [4.78, 5) is 12.4. The third-order valence-corrected chi connectivity index (χ3v) is 4.84. The van der Waals surface area contributed by atoms with Crippen LogP contribution in [0.1, 0.15) is 43.4 Å².